The predicted octanol–water partition coefficient (Wildman–Crippen LogP) is 4.09. The van der Waals surface area contributed by atoms with E-state index < -0.39 is 0 Å². The van der Waals surface area contributed by atoms with Crippen LogP contribution in [0, 0.1) is 0 Å². The third-order valence-corrected chi connectivity index (χ3v) is 4.79. The maximum absolute atomic E-state index is 6.08. The molecule has 1 aliphatic heterocycles. The molecule has 0 aromatic heterocycles. The Balaban J connectivity index is 1.59. The molecule has 1 atom stereocenters. The molecule has 0 fully saturated rings. The number of nitrogens with zero attached hydrogens (tertiary/aromatic N) is 2. The first kappa shape index (κ1) is 16.6. The van der Waals surface area contributed by atoms with E-state index in [2.05, 4.69) is 71.4 Å². The fraction of sp³-hybridized carbons (Fsp3) is 0.381. The maximum Gasteiger partial charge on any atom is 0.191 e. The molecule has 3 nitrogen and oxygen atoms in total. The monoisotopic (exact) mass is 321 g/mol. The molecule has 24 heavy (non-hydrogen) atoms. The summed E-state index contributed by atoms with van der Waals surface area (Å²) < 4.78 is 0. The first-order valence-electron chi connectivity index (χ1n) is 8.99. The molecule has 0 amide bonds. The first-order chi connectivity index (χ1) is 11.8. The lowest BCUT2D eigenvalue weighted by molar-refractivity contribution is 0.320. The topological polar surface area (TPSA) is 41.6 Å². The third-order valence-electron chi connectivity index (χ3n) is 4.79. The first-order valence-corrected chi connectivity index (χ1v) is 8.99. The van der Waals surface area contributed by atoms with Crippen molar-refractivity contribution in [3.8, 4) is 11.1 Å². The Labute approximate surface area is 145 Å². The van der Waals surface area contributed by atoms with Crippen molar-refractivity contribution in [3.05, 3.63) is 60.2 Å². The zero-order chi connectivity index (χ0) is 16.8. The maximum atomic E-state index is 6.08. The van der Waals surface area contributed by atoms with Gasteiger partial charge in [0.05, 0.1) is 12.6 Å². The van der Waals surface area contributed by atoms with E-state index in [-0.39, 0.29) is 0 Å². The second-order valence-corrected chi connectivity index (χ2v) is 6.50. The van der Waals surface area contributed by atoms with Crippen LogP contribution < -0.4 is 5.73 Å². The van der Waals surface area contributed by atoms with Gasteiger partial charge in [0.1, 0.15) is 0 Å². The highest BCUT2D eigenvalue weighted by Gasteiger charge is 2.24. The molecule has 2 N–H and O–H groups in total. The predicted molar refractivity (Wildman–Crippen MR) is 102 cm³/mol. The van der Waals surface area contributed by atoms with E-state index in [0.29, 0.717) is 6.04 Å². The zero-order valence-electron chi connectivity index (χ0n) is 14.5. The molecule has 0 aliphatic carbocycles. The molecule has 0 bridgehead atoms. The van der Waals surface area contributed by atoms with Gasteiger partial charge in [0.25, 0.3) is 0 Å². The minimum Gasteiger partial charge on any atom is -0.370 e. The highest BCUT2D eigenvalue weighted by molar-refractivity contribution is 5.80. The largest absolute Gasteiger partial charge is 0.370 e. The number of hydrogen-bond donors (Lipinski definition) is 1. The third kappa shape index (κ3) is 3.97. The molecule has 2 aromatic carbocycles. The summed E-state index contributed by atoms with van der Waals surface area (Å²) in [5.74, 6) is 0.719. The van der Waals surface area contributed by atoms with Crippen molar-refractivity contribution in [3.63, 3.8) is 0 Å². The van der Waals surface area contributed by atoms with Crippen molar-refractivity contribution < 1.29 is 0 Å². The average molecular weight is 321 g/mol. The van der Waals surface area contributed by atoms with Gasteiger partial charge >= 0.3 is 0 Å². The van der Waals surface area contributed by atoms with Crippen LogP contribution in [0.2, 0.25) is 0 Å². The number of aliphatic imine (C=N–C) groups is 1. The van der Waals surface area contributed by atoms with Gasteiger partial charge in [-0.1, -0.05) is 74.4 Å². The standard InChI is InChI=1S/C21H27N3/c1-2-3-9-20-16-23-21(22)24(20)15-14-17-10-12-19(13-11-17)18-7-5-4-6-8-18/h4-8,10-13,20H,2-3,9,14-16H2,1H3,(H2,22,23)/t20-/m0/s1. The summed E-state index contributed by atoms with van der Waals surface area (Å²) in [7, 11) is 0. The fourth-order valence-corrected chi connectivity index (χ4v) is 3.30. The summed E-state index contributed by atoms with van der Waals surface area (Å²) in [6.07, 6.45) is 4.67. The second-order valence-electron chi connectivity index (χ2n) is 6.50. The van der Waals surface area contributed by atoms with E-state index >= 15 is 0 Å². The van der Waals surface area contributed by atoms with Crippen LogP contribution in [0.4, 0.5) is 0 Å². The Bertz CT molecular complexity index is 661. The lowest BCUT2D eigenvalue weighted by atomic mass is 10.0. The number of benzene rings is 2. The molecule has 1 aliphatic rings. The summed E-state index contributed by atoms with van der Waals surface area (Å²) in [6, 6.07) is 19.9. The number of rotatable bonds is 7. The Kier molecular flexibility index (Phi) is 5.52. The van der Waals surface area contributed by atoms with Crippen molar-refractivity contribution in [2.24, 2.45) is 10.7 Å². The quantitative estimate of drug-likeness (QED) is 0.834. The van der Waals surface area contributed by atoms with Crippen LogP contribution in [0.25, 0.3) is 11.1 Å². The van der Waals surface area contributed by atoms with Crippen molar-refractivity contribution in [2.75, 3.05) is 13.1 Å². The second kappa shape index (κ2) is 8.00. The Morgan fingerprint density at radius 2 is 1.75 bits per heavy atom. The van der Waals surface area contributed by atoms with Gasteiger partial charge in [0.2, 0.25) is 0 Å². The van der Waals surface area contributed by atoms with E-state index in [1.54, 1.807) is 0 Å². The average Bonchev–Trinajstić information content (AvgIpc) is 2.99. The van der Waals surface area contributed by atoms with Crippen LogP contribution in [0.15, 0.2) is 59.6 Å². The van der Waals surface area contributed by atoms with E-state index in [1.807, 2.05) is 0 Å². The highest BCUT2D eigenvalue weighted by Crippen LogP contribution is 2.20. The Morgan fingerprint density at radius 1 is 1.04 bits per heavy atom. The SMILES string of the molecule is CCCC[C@H]1CN=C(N)N1CCc1ccc(-c2ccccc2)cc1. The molecule has 0 radical (unpaired) electrons. The van der Waals surface area contributed by atoms with Gasteiger partial charge in [-0.15, -0.1) is 0 Å². The molecule has 3 rings (SSSR count). The van der Waals surface area contributed by atoms with Gasteiger partial charge < -0.3 is 10.6 Å². The normalized spacial score (nSPS) is 17.1. The van der Waals surface area contributed by atoms with Gasteiger partial charge in [-0.25, -0.2) is 0 Å². The number of unbranched alkanes of at least 4 members (excludes halogenated alkanes) is 1. The van der Waals surface area contributed by atoms with E-state index in [9.17, 15) is 0 Å². The molecule has 126 valence electrons. The zero-order valence-corrected chi connectivity index (χ0v) is 14.5. The molecule has 0 spiro atoms. The summed E-state index contributed by atoms with van der Waals surface area (Å²) in [5, 5.41) is 0. The van der Waals surface area contributed by atoms with Gasteiger partial charge in [0, 0.05) is 6.54 Å². The smallest absolute Gasteiger partial charge is 0.191 e. The van der Waals surface area contributed by atoms with Gasteiger partial charge in [0.15, 0.2) is 5.96 Å². The summed E-state index contributed by atoms with van der Waals surface area (Å²) in [4.78, 5) is 6.73. The number of hydrogen-bond acceptors (Lipinski definition) is 3. The van der Waals surface area contributed by atoms with E-state index in [4.69, 9.17) is 5.73 Å². The van der Waals surface area contributed by atoms with E-state index in [1.165, 1.54) is 36.0 Å². The molecule has 1 heterocycles. The summed E-state index contributed by atoms with van der Waals surface area (Å²) in [6.45, 7) is 4.05. The van der Waals surface area contributed by atoms with Gasteiger partial charge in [-0.2, -0.15) is 0 Å². The Morgan fingerprint density at radius 3 is 2.46 bits per heavy atom. The van der Waals surface area contributed by atoms with E-state index in [0.717, 1.165) is 25.5 Å². The lowest BCUT2D eigenvalue weighted by Crippen LogP contribution is -2.41. The number of guanidine groups is 1. The number of nitrogens with two attached hydrogens (primary N) is 1. The lowest BCUT2D eigenvalue weighted by Gasteiger charge is -2.26. The molecular formula is C21H27N3. The Hall–Kier alpha value is -2.29. The van der Waals surface area contributed by atoms with Gasteiger partial charge in [-0.3, -0.25) is 4.99 Å². The van der Waals surface area contributed by atoms with Crippen LogP contribution in [-0.2, 0) is 6.42 Å². The summed E-state index contributed by atoms with van der Waals surface area (Å²) >= 11 is 0. The van der Waals surface area contributed by atoms with Crippen molar-refractivity contribution in [2.45, 2.75) is 38.6 Å². The van der Waals surface area contributed by atoms with Crippen LogP contribution in [0.1, 0.15) is 31.7 Å². The highest BCUT2D eigenvalue weighted by atomic mass is 15.3. The minimum atomic E-state index is 0.494. The minimum absolute atomic E-state index is 0.494. The van der Waals surface area contributed by atoms with Crippen LogP contribution in [0.3, 0.4) is 0 Å². The van der Waals surface area contributed by atoms with Crippen molar-refractivity contribution >= 4 is 5.96 Å². The molecule has 2 aromatic rings. The van der Waals surface area contributed by atoms with Crippen LogP contribution in [0.5, 0.6) is 0 Å². The summed E-state index contributed by atoms with van der Waals surface area (Å²) in [5.41, 5.74) is 9.96. The molecule has 0 saturated carbocycles. The van der Waals surface area contributed by atoms with Crippen LogP contribution >= 0.6 is 0 Å². The molecule has 0 saturated heterocycles. The van der Waals surface area contributed by atoms with Crippen LogP contribution in [-0.4, -0.2) is 30.0 Å². The van der Waals surface area contributed by atoms with Crippen molar-refractivity contribution in [1.82, 2.24) is 4.90 Å². The van der Waals surface area contributed by atoms with Gasteiger partial charge in [-0.05, 0) is 29.5 Å². The van der Waals surface area contributed by atoms with Crippen molar-refractivity contribution in [1.29, 1.82) is 0 Å². The molecule has 0 unspecified atom stereocenters. The molecule has 3 heteroatoms. The molecular weight excluding hydrogens is 294 g/mol. The fourth-order valence-electron chi connectivity index (χ4n) is 3.30.